The van der Waals surface area contributed by atoms with Crippen molar-refractivity contribution in [3.05, 3.63) is 0 Å². The minimum Gasteiger partial charge on any atom is -0.652 e. The predicted octanol–water partition coefficient (Wildman–Crippen LogP) is -3.48. The van der Waals surface area contributed by atoms with Gasteiger partial charge in [-0.15, -0.1) is 0 Å². The molecule has 0 heterocycles. The number of rotatable bonds is 0. The Bertz CT molecular complexity index is 156. The largest absolute Gasteiger partial charge is 2.00 e. The molecule has 56 valence electrons. The molecule has 0 amide bonds. The topological polar surface area (TPSA) is 138 Å². The van der Waals surface area contributed by atoms with E-state index in [2.05, 4.69) is 0 Å². The van der Waals surface area contributed by atoms with E-state index in [1.165, 1.54) is 0 Å². The Balaban J connectivity index is -0.0000000910. The van der Waals surface area contributed by atoms with Gasteiger partial charge in [0.15, 0.2) is 0 Å². The Kier molecular flexibility index (Phi) is 11.6. The van der Waals surface area contributed by atoms with Crippen LogP contribution in [0.2, 0.25) is 0 Å². The van der Waals surface area contributed by atoms with Gasteiger partial charge in [0.2, 0.25) is 0 Å². The van der Waals surface area contributed by atoms with E-state index in [4.69, 9.17) is 32.5 Å². The maximum atomic E-state index is 8.74. The second-order valence-electron chi connectivity index (χ2n) is 0.698. The van der Waals surface area contributed by atoms with E-state index in [0.29, 0.717) is 0 Å². The summed E-state index contributed by atoms with van der Waals surface area (Å²) in [7, 11) is -4.67. The number of carbonyl (C=O) groups excluding carboxylic acids is 1. The van der Waals surface area contributed by atoms with Gasteiger partial charge >= 0.3 is 33.5 Å². The SMILES string of the molecule is O=C([O-])[O-].O=S(=O)(O)O.[Mg+2]. The molecule has 0 unspecified atom stereocenters. The molecule has 0 aliphatic heterocycles. The van der Waals surface area contributed by atoms with Crippen LogP contribution in [0, 0.1) is 0 Å². The molecule has 0 aromatic carbocycles. The summed E-state index contributed by atoms with van der Waals surface area (Å²) in [4.78, 5) is 8.33. The molecule has 0 saturated heterocycles. The predicted molar refractivity (Wildman–Crippen MR) is 25.3 cm³/mol. The van der Waals surface area contributed by atoms with Crippen LogP contribution >= 0.6 is 0 Å². The first-order valence-corrected chi connectivity index (χ1v) is 2.71. The Hall–Kier alpha value is -0.0938. The molecule has 0 aliphatic rings. The molecule has 0 atom stereocenters. The van der Waals surface area contributed by atoms with Gasteiger partial charge in [0.25, 0.3) is 0 Å². The van der Waals surface area contributed by atoms with Gasteiger partial charge in [0.1, 0.15) is 0 Å². The van der Waals surface area contributed by atoms with Crippen molar-refractivity contribution in [2.45, 2.75) is 0 Å². The first-order chi connectivity index (χ1) is 3.73. The van der Waals surface area contributed by atoms with Crippen molar-refractivity contribution in [1.82, 2.24) is 0 Å². The summed E-state index contributed by atoms with van der Waals surface area (Å²) in [5.74, 6) is 0. The maximum Gasteiger partial charge on any atom is 2.00 e. The van der Waals surface area contributed by atoms with Crippen molar-refractivity contribution in [2.75, 3.05) is 0 Å². The average molecular weight is 182 g/mol. The molecular weight excluding hydrogens is 180 g/mol. The van der Waals surface area contributed by atoms with Gasteiger partial charge in [0, 0.05) is 0 Å². The molecule has 0 aromatic heterocycles. The third kappa shape index (κ3) is 42900. The first kappa shape index (κ1) is 16.5. The summed E-state index contributed by atoms with van der Waals surface area (Å²) >= 11 is 0. The number of hydrogen-bond acceptors (Lipinski definition) is 5. The van der Waals surface area contributed by atoms with E-state index >= 15 is 0 Å². The van der Waals surface area contributed by atoms with Crippen LogP contribution in [0.3, 0.4) is 0 Å². The summed E-state index contributed by atoms with van der Waals surface area (Å²) < 4.78 is 31.6. The second-order valence-corrected chi connectivity index (χ2v) is 1.59. The van der Waals surface area contributed by atoms with Crippen molar-refractivity contribution < 1.29 is 32.5 Å². The number of carbonyl (C=O) groups is 1. The van der Waals surface area contributed by atoms with Crippen molar-refractivity contribution in [1.29, 1.82) is 0 Å². The van der Waals surface area contributed by atoms with Gasteiger partial charge in [-0.05, 0) is 6.16 Å². The smallest absolute Gasteiger partial charge is 0.652 e. The molecule has 0 radical (unpaired) electrons. The zero-order valence-corrected chi connectivity index (χ0v) is 6.78. The monoisotopic (exact) mass is 182 g/mol. The van der Waals surface area contributed by atoms with Crippen LogP contribution in [0.25, 0.3) is 0 Å². The fourth-order valence-corrected chi connectivity index (χ4v) is 0. The fourth-order valence-electron chi connectivity index (χ4n) is 0. The third-order valence-electron chi connectivity index (χ3n) is 0. The summed E-state index contributed by atoms with van der Waals surface area (Å²) in [6.07, 6.45) is -2.33. The normalized spacial score (nSPS) is 8.20. The van der Waals surface area contributed by atoms with Crippen LogP contribution in [0.5, 0.6) is 0 Å². The molecule has 0 rings (SSSR count). The van der Waals surface area contributed by atoms with E-state index < -0.39 is 16.6 Å². The zero-order chi connectivity index (χ0) is 8.08. The van der Waals surface area contributed by atoms with Gasteiger partial charge in [-0.25, -0.2) is 0 Å². The minimum atomic E-state index is -4.67. The summed E-state index contributed by atoms with van der Waals surface area (Å²) in [6.45, 7) is 0. The molecule has 7 nitrogen and oxygen atoms in total. The average Bonchev–Trinajstić information content (AvgIpc) is 1.19. The Morgan fingerprint density at radius 3 is 1.20 bits per heavy atom. The summed E-state index contributed by atoms with van der Waals surface area (Å²) in [6, 6.07) is 0. The molecule has 0 bridgehead atoms. The van der Waals surface area contributed by atoms with Crippen molar-refractivity contribution >= 4 is 39.6 Å². The van der Waals surface area contributed by atoms with Crippen LogP contribution in [-0.4, -0.2) is 46.7 Å². The molecule has 10 heavy (non-hydrogen) atoms. The standard InChI is InChI=1S/CH2O3.Mg.H2O4S/c2-1(3)4;;1-5(2,3)4/h(H2,2,3,4);;(H2,1,2,3,4)/q;+2;/p-2. The molecule has 2 N–H and O–H groups in total. The fraction of sp³-hybridized carbons (Fsp3) is 0. The quantitative estimate of drug-likeness (QED) is 0.293. The van der Waals surface area contributed by atoms with Crippen molar-refractivity contribution in [2.24, 2.45) is 0 Å². The van der Waals surface area contributed by atoms with Crippen molar-refractivity contribution in [3.8, 4) is 0 Å². The molecular formula is CH2MgO7S. The van der Waals surface area contributed by atoms with Crippen LogP contribution in [0.1, 0.15) is 0 Å². The first-order valence-electron chi connectivity index (χ1n) is 1.31. The Labute approximate surface area is 72.4 Å². The molecule has 0 aromatic rings. The number of carboxylic acid groups (broad SMARTS) is 2. The van der Waals surface area contributed by atoms with Gasteiger partial charge in [-0.2, -0.15) is 8.42 Å². The number of hydrogen-bond donors (Lipinski definition) is 2. The van der Waals surface area contributed by atoms with Gasteiger partial charge in [0.05, 0.1) is 0 Å². The van der Waals surface area contributed by atoms with Crippen LogP contribution in [-0.2, 0) is 10.4 Å². The Morgan fingerprint density at radius 1 is 1.20 bits per heavy atom. The van der Waals surface area contributed by atoms with Gasteiger partial charge in [-0.1, -0.05) is 0 Å². The Morgan fingerprint density at radius 2 is 1.20 bits per heavy atom. The molecule has 9 heteroatoms. The molecule has 0 fully saturated rings. The summed E-state index contributed by atoms with van der Waals surface area (Å²) in [5, 5.41) is 16.7. The minimum absolute atomic E-state index is 0. The molecule has 0 spiro atoms. The maximum absolute atomic E-state index is 8.74. The molecule has 0 aliphatic carbocycles. The van der Waals surface area contributed by atoms with E-state index in [1.807, 2.05) is 0 Å². The zero-order valence-electron chi connectivity index (χ0n) is 4.55. The second kappa shape index (κ2) is 7.02. The third-order valence-corrected chi connectivity index (χ3v) is 0. The van der Waals surface area contributed by atoms with E-state index in [-0.39, 0.29) is 23.1 Å². The van der Waals surface area contributed by atoms with E-state index in [1.54, 1.807) is 0 Å². The summed E-state index contributed by atoms with van der Waals surface area (Å²) in [5.41, 5.74) is 0. The van der Waals surface area contributed by atoms with E-state index in [9.17, 15) is 0 Å². The van der Waals surface area contributed by atoms with Crippen LogP contribution in [0.4, 0.5) is 4.79 Å². The van der Waals surface area contributed by atoms with Crippen LogP contribution < -0.4 is 10.2 Å². The van der Waals surface area contributed by atoms with E-state index in [0.717, 1.165) is 0 Å². The van der Waals surface area contributed by atoms with Crippen molar-refractivity contribution in [3.63, 3.8) is 0 Å². The van der Waals surface area contributed by atoms with Crippen LogP contribution in [0.15, 0.2) is 0 Å². The van der Waals surface area contributed by atoms with Gasteiger partial charge in [-0.3, -0.25) is 9.11 Å². The molecule has 0 saturated carbocycles. The van der Waals surface area contributed by atoms with Gasteiger partial charge < -0.3 is 15.0 Å².